The van der Waals surface area contributed by atoms with E-state index in [2.05, 4.69) is 10.4 Å². The molecule has 0 radical (unpaired) electrons. The Labute approximate surface area is 129 Å². The van der Waals surface area contributed by atoms with Gasteiger partial charge in [-0.25, -0.2) is 10.8 Å². The summed E-state index contributed by atoms with van der Waals surface area (Å²) in [5, 5.41) is 9.54. The number of hydrazine groups is 1. The van der Waals surface area contributed by atoms with Crippen molar-refractivity contribution in [1.29, 1.82) is 0 Å². The molecule has 0 unspecified atom stereocenters. The number of amides is 1. The minimum atomic E-state index is -0.252. The van der Waals surface area contributed by atoms with Gasteiger partial charge in [-0.1, -0.05) is 30.9 Å². The number of aliphatic hydroxyl groups excluding tert-OH is 1. The van der Waals surface area contributed by atoms with Crippen molar-refractivity contribution in [1.82, 2.24) is 9.88 Å². The summed E-state index contributed by atoms with van der Waals surface area (Å²) in [6.07, 6.45) is 5.32. The highest BCUT2D eigenvalue weighted by molar-refractivity contribution is 6.33. The molecule has 0 aromatic carbocycles. The van der Waals surface area contributed by atoms with Crippen LogP contribution in [0.2, 0.25) is 5.02 Å². The molecule has 0 saturated heterocycles. The molecule has 1 fully saturated rings. The molecule has 0 bridgehead atoms. The predicted molar refractivity (Wildman–Crippen MR) is 82.1 cm³/mol. The summed E-state index contributed by atoms with van der Waals surface area (Å²) in [5.74, 6) is 5.46. The van der Waals surface area contributed by atoms with Crippen LogP contribution in [0, 0.1) is 0 Å². The van der Waals surface area contributed by atoms with Gasteiger partial charge in [0, 0.05) is 12.6 Å². The first-order chi connectivity index (χ1) is 10.2. The summed E-state index contributed by atoms with van der Waals surface area (Å²) >= 11 is 6.09. The van der Waals surface area contributed by atoms with E-state index in [1.165, 1.54) is 6.42 Å². The van der Waals surface area contributed by atoms with E-state index in [1.54, 1.807) is 17.0 Å². The second-order valence-electron chi connectivity index (χ2n) is 5.19. The van der Waals surface area contributed by atoms with Crippen LogP contribution in [0.25, 0.3) is 0 Å². The molecule has 0 spiro atoms. The molecule has 4 N–H and O–H groups in total. The van der Waals surface area contributed by atoms with Gasteiger partial charge in [-0.15, -0.1) is 0 Å². The molecule has 1 aliphatic rings. The molecule has 1 heterocycles. The Morgan fingerprint density at radius 3 is 2.76 bits per heavy atom. The highest BCUT2D eigenvalue weighted by Gasteiger charge is 2.28. The van der Waals surface area contributed by atoms with E-state index in [0.29, 0.717) is 12.4 Å². The zero-order chi connectivity index (χ0) is 15.2. The van der Waals surface area contributed by atoms with Gasteiger partial charge in [0.05, 0.1) is 11.6 Å². The average molecular weight is 313 g/mol. The standard InChI is InChI=1S/C14H21ClN4O2/c15-11-6-7-12(18-16)17-13(11)14(21)19(8-9-20)10-4-2-1-3-5-10/h6-7,10,20H,1-5,8-9,16H2,(H,17,18). The van der Waals surface area contributed by atoms with Crippen molar-refractivity contribution in [3.63, 3.8) is 0 Å². The fourth-order valence-electron chi connectivity index (χ4n) is 2.76. The highest BCUT2D eigenvalue weighted by Crippen LogP contribution is 2.25. The second-order valence-corrected chi connectivity index (χ2v) is 5.59. The van der Waals surface area contributed by atoms with E-state index in [4.69, 9.17) is 17.4 Å². The van der Waals surface area contributed by atoms with Crippen LogP contribution in [0.1, 0.15) is 42.6 Å². The predicted octanol–water partition coefficient (Wildman–Crippen LogP) is 1.79. The molecule has 21 heavy (non-hydrogen) atoms. The summed E-state index contributed by atoms with van der Waals surface area (Å²) in [4.78, 5) is 18.6. The van der Waals surface area contributed by atoms with Gasteiger partial charge < -0.3 is 15.4 Å². The Morgan fingerprint density at radius 1 is 1.43 bits per heavy atom. The maximum atomic E-state index is 12.7. The van der Waals surface area contributed by atoms with E-state index in [9.17, 15) is 9.90 Å². The number of halogens is 1. The number of nitrogens with one attached hydrogen (secondary N) is 1. The van der Waals surface area contributed by atoms with Crippen LogP contribution >= 0.6 is 11.6 Å². The van der Waals surface area contributed by atoms with Gasteiger partial charge in [-0.05, 0) is 25.0 Å². The minimum absolute atomic E-state index is 0.0747. The van der Waals surface area contributed by atoms with Gasteiger partial charge in [0.15, 0.2) is 0 Å². The van der Waals surface area contributed by atoms with Crippen molar-refractivity contribution in [3.05, 3.63) is 22.8 Å². The largest absolute Gasteiger partial charge is 0.395 e. The number of pyridine rings is 1. The molecule has 1 aliphatic carbocycles. The fourth-order valence-corrected chi connectivity index (χ4v) is 2.95. The molecule has 116 valence electrons. The van der Waals surface area contributed by atoms with Crippen molar-refractivity contribution in [2.75, 3.05) is 18.6 Å². The van der Waals surface area contributed by atoms with Crippen LogP contribution in [0.15, 0.2) is 12.1 Å². The number of nitrogens with two attached hydrogens (primary N) is 1. The van der Waals surface area contributed by atoms with E-state index in [-0.39, 0.29) is 29.3 Å². The number of carbonyl (C=O) groups is 1. The Hall–Kier alpha value is -1.37. The lowest BCUT2D eigenvalue weighted by molar-refractivity contribution is 0.0580. The summed E-state index contributed by atoms with van der Waals surface area (Å²) in [6, 6.07) is 3.34. The highest BCUT2D eigenvalue weighted by atomic mass is 35.5. The molecule has 1 amide bonds. The first-order valence-corrected chi connectivity index (χ1v) is 7.60. The third kappa shape index (κ3) is 3.84. The monoisotopic (exact) mass is 312 g/mol. The first kappa shape index (κ1) is 16.0. The van der Waals surface area contributed by atoms with E-state index in [0.717, 1.165) is 25.7 Å². The third-order valence-corrected chi connectivity index (χ3v) is 4.12. The molecular weight excluding hydrogens is 292 g/mol. The maximum absolute atomic E-state index is 12.7. The summed E-state index contributed by atoms with van der Waals surface area (Å²) in [6.45, 7) is 0.219. The number of anilines is 1. The lowest BCUT2D eigenvalue weighted by atomic mass is 9.94. The van der Waals surface area contributed by atoms with Crippen LogP contribution < -0.4 is 11.3 Å². The zero-order valence-electron chi connectivity index (χ0n) is 11.9. The Morgan fingerprint density at radius 2 is 2.14 bits per heavy atom. The number of nitrogens with zero attached hydrogens (tertiary/aromatic N) is 2. The second kappa shape index (κ2) is 7.59. The van der Waals surface area contributed by atoms with Gasteiger partial charge in [-0.3, -0.25) is 4.79 Å². The summed E-state index contributed by atoms with van der Waals surface area (Å²) in [7, 11) is 0. The molecule has 6 nitrogen and oxygen atoms in total. The van der Waals surface area contributed by atoms with Crippen molar-refractivity contribution < 1.29 is 9.90 Å². The lowest BCUT2D eigenvalue weighted by Crippen LogP contribution is -2.43. The average Bonchev–Trinajstić information content (AvgIpc) is 2.53. The number of nitrogen functional groups attached to an aromatic ring is 1. The summed E-state index contributed by atoms with van der Waals surface area (Å²) < 4.78 is 0. The molecule has 0 aliphatic heterocycles. The van der Waals surface area contributed by atoms with Gasteiger partial charge in [-0.2, -0.15) is 0 Å². The van der Waals surface area contributed by atoms with Crippen molar-refractivity contribution in [2.24, 2.45) is 5.84 Å². The number of hydrogen-bond acceptors (Lipinski definition) is 5. The lowest BCUT2D eigenvalue weighted by Gasteiger charge is -2.34. The number of aliphatic hydroxyl groups is 1. The van der Waals surface area contributed by atoms with Crippen molar-refractivity contribution >= 4 is 23.3 Å². The zero-order valence-corrected chi connectivity index (χ0v) is 12.6. The maximum Gasteiger partial charge on any atom is 0.274 e. The van der Waals surface area contributed by atoms with Crippen molar-refractivity contribution in [2.45, 2.75) is 38.1 Å². The molecule has 7 heteroatoms. The molecule has 2 rings (SSSR count). The van der Waals surface area contributed by atoms with Crippen LogP contribution in [0.5, 0.6) is 0 Å². The molecule has 0 atom stereocenters. The van der Waals surface area contributed by atoms with Gasteiger partial charge in [0.2, 0.25) is 0 Å². The van der Waals surface area contributed by atoms with Crippen LogP contribution in [-0.4, -0.2) is 40.1 Å². The van der Waals surface area contributed by atoms with Gasteiger partial charge >= 0.3 is 0 Å². The molecule has 1 aromatic heterocycles. The van der Waals surface area contributed by atoms with Crippen LogP contribution in [0.4, 0.5) is 5.82 Å². The van der Waals surface area contributed by atoms with Gasteiger partial charge in [0.1, 0.15) is 11.5 Å². The number of rotatable bonds is 5. The van der Waals surface area contributed by atoms with E-state index >= 15 is 0 Å². The number of carbonyl (C=O) groups excluding carboxylic acids is 1. The molecule has 1 aromatic rings. The SMILES string of the molecule is NNc1ccc(Cl)c(C(=O)N(CCO)C2CCCCC2)n1. The van der Waals surface area contributed by atoms with E-state index in [1.807, 2.05) is 0 Å². The fraction of sp³-hybridized carbons (Fsp3) is 0.571. The molecule has 1 saturated carbocycles. The van der Waals surface area contributed by atoms with E-state index < -0.39 is 0 Å². The summed E-state index contributed by atoms with van der Waals surface area (Å²) in [5.41, 5.74) is 2.58. The minimum Gasteiger partial charge on any atom is -0.395 e. The van der Waals surface area contributed by atoms with Gasteiger partial charge in [0.25, 0.3) is 5.91 Å². The Kier molecular flexibility index (Phi) is 5.78. The topological polar surface area (TPSA) is 91.5 Å². The van der Waals surface area contributed by atoms with Crippen molar-refractivity contribution in [3.8, 4) is 0 Å². The molecular formula is C14H21ClN4O2. The number of hydrogen-bond donors (Lipinski definition) is 3. The number of aromatic nitrogens is 1. The smallest absolute Gasteiger partial charge is 0.274 e. The quantitative estimate of drug-likeness (QED) is 0.569. The van der Waals surface area contributed by atoms with Crippen LogP contribution in [-0.2, 0) is 0 Å². The first-order valence-electron chi connectivity index (χ1n) is 7.22. The normalized spacial score (nSPS) is 15.8. The Balaban J connectivity index is 2.24. The Bertz CT molecular complexity index is 492. The van der Waals surface area contributed by atoms with Crippen LogP contribution in [0.3, 0.4) is 0 Å². The third-order valence-electron chi connectivity index (χ3n) is 3.81.